The van der Waals surface area contributed by atoms with Crippen LogP contribution in [0, 0.1) is 0 Å². The van der Waals surface area contributed by atoms with E-state index in [1.54, 1.807) is 22.8 Å². The number of hydrogen-bond acceptors (Lipinski definition) is 5. The minimum Gasteiger partial charge on any atom is -0.370 e. The summed E-state index contributed by atoms with van der Waals surface area (Å²) in [6.07, 6.45) is -2.49. The van der Waals surface area contributed by atoms with Crippen LogP contribution in [-0.2, 0) is 16.2 Å². The molecule has 0 atom stereocenters. The highest BCUT2D eigenvalue weighted by molar-refractivity contribution is 9.10. The molecule has 0 fully saturated rings. The van der Waals surface area contributed by atoms with Crippen LogP contribution in [-0.4, -0.2) is 47.5 Å². The highest BCUT2D eigenvalue weighted by atomic mass is 79.9. The summed E-state index contributed by atoms with van der Waals surface area (Å²) >= 11 is 9.79. The predicted molar refractivity (Wildman–Crippen MR) is 135 cm³/mol. The Balaban J connectivity index is 1.45. The Morgan fingerprint density at radius 3 is 2.50 bits per heavy atom. The topological polar surface area (TPSA) is 79.6 Å². The summed E-state index contributed by atoms with van der Waals surface area (Å²) in [5.41, 5.74) is 1.06. The van der Waals surface area contributed by atoms with Crippen molar-refractivity contribution in [1.29, 1.82) is 0 Å². The molecule has 4 rings (SSSR count). The largest absolute Gasteiger partial charge is 0.416 e. The Morgan fingerprint density at radius 2 is 1.83 bits per heavy atom. The monoisotopic (exact) mass is 601 g/mol. The minimum atomic E-state index is -4.53. The Bertz CT molecular complexity index is 1490. The standard InChI is InChI=1S/C23H20BrClF3N5O2S/c1-32(36(34,35)16-9-7-15(8-10-16)23(26,27)28)12-4-11-29-21-13-20(17-5-2-3-6-19(17)25)31-22-18(24)14-30-33(21)22/h2-3,5-10,13-14,29H,4,11-12H2,1H3. The molecule has 2 aromatic carbocycles. The molecule has 13 heteroatoms. The molecule has 0 saturated carbocycles. The fourth-order valence-corrected chi connectivity index (χ4v) is 5.29. The minimum absolute atomic E-state index is 0.144. The van der Waals surface area contributed by atoms with Gasteiger partial charge in [-0.3, -0.25) is 0 Å². The van der Waals surface area contributed by atoms with Crippen molar-refractivity contribution >= 4 is 49.0 Å². The third-order valence-electron chi connectivity index (χ3n) is 5.42. The van der Waals surface area contributed by atoms with E-state index in [0.29, 0.717) is 39.6 Å². The first kappa shape index (κ1) is 26.4. The molecule has 0 amide bonds. The Morgan fingerprint density at radius 1 is 1.14 bits per heavy atom. The number of alkyl halides is 3. The predicted octanol–water partition coefficient (Wildman–Crippen LogP) is 5.95. The third kappa shape index (κ3) is 5.51. The molecule has 0 saturated heterocycles. The lowest BCUT2D eigenvalue weighted by Gasteiger charge is -2.18. The van der Waals surface area contributed by atoms with Crippen molar-refractivity contribution in [1.82, 2.24) is 18.9 Å². The third-order valence-corrected chi connectivity index (χ3v) is 8.18. The van der Waals surface area contributed by atoms with E-state index in [2.05, 4.69) is 31.3 Å². The summed E-state index contributed by atoms with van der Waals surface area (Å²) < 4.78 is 67.3. The zero-order chi connectivity index (χ0) is 26.1. The van der Waals surface area contributed by atoms with E-state index in [1.807, 2.05) is 18.2 Å². The summed E-state index contributed by atoms with van der Waals surface area (Å²) in [6.45, 7) is 0.538. The van der Waals surface area contributed by atoms with E-state index in [-0.39, 0.29) is 11.4 Å². The second-order valence-electron chi connectivity index (χ2n) is 7.86. The molecule has 0 aliphatic carbocycles. The van der Waals surface area contributed by atoms with E-state index < -0.39 is 21.8 Å². The van der Waals surface area contributed by atoms with Gasteiger partial charge in [-0.25, -0.2) is 17.7 Å². The van der Waals surface area contributed by atoms with Gasteiger partial charge in [-0.1, -0.05) is 29.8 Å². The molecule has 0 bridgehead atoms. The lowest BCUT2D eigenvalue weighted by Crippen LogP contribution is -2.29. The van der Waals surface area contributed by atoms with Crippen molar-refractivity contribution in [3.05, 3.63) is 75.9 Å². The highest BCUT2D eigenvalue weighted by Gasteiger charge is 2.31. The molecule has 1 N–H and O–H groups in total. The van der Waals surface area contributed by atoms with Gasteiger partial charge in [0.1, 0.15) is 5.82 Å². The summed E-state index contributed by atoms with van der Waals surface area (Å²) in [6, 6.07) is 12.6. The summed E-state index contributed by atoms with van der Waals surface area (Å²) in [4.78, 5) is 4.44. The molecular formula is C23H20BrClF3N5O2S. The lowest BCUT2D eigenvalue weighted by atomic mass is 10.1. The van der Waals surface area contributed by atoms with Crippen LogP contribution < -0.4 is 5.32 Å². The normalized spacial score (nSPS) is 12.4. The zero-order valence-corrected chi connectivity index (χ0v) is 22.0. The second-order valence-corrected chi connectivity index (χ2v) is 11.2. The van der Waals surface area contributed by atoms with Crippen molar-refractivity contribution in [3.8, 4) is 11.3 Å². The van der Waals surface area contributed by atoms with Crippen LogP contribution in [0.2, 0.25) is 5.02 Å². The fourth-order valence-electron chi connectivity index (χ4n) is 3.50. The average Bonchev–Trinajstić information content (AvgIpc) is 3.22. The molecule has 190 valence electrons. The van der Waals surface area contributed by atoms with E-state index in [9.17, 15) is 21.6 Å². The van der Waals surface area contributed by atoms with Gasteiger partial charge >= 0.3 is 6.18 Å². The van der Waals surface area contributed by atoms with Crippen molar-refractivity contribution in [2.45, 2.75) is 17.5 Å². The number of rotatable bonds is 8. The van der Waals surface area contributed by atoms with Crippen molar-refractivity contribution in [2.75, 3.05) is 25.5 Å². The number of nitrogens with one attached hydrogen (secondary N) is 1. The molecule has 0 aliphatic heterocycles. The van der Waals surface area contributed by atoms with Gasteiger partial charge in [0.05, 0.1) is 26.8 Å². The number of nitrogens with zero attached hydrogens (tertiary/aromatic N) is 4. The number of fused-ring (bicyclic) bond motifs is 1. The SMILES string of the molecule is CN(CCCNc1cc(-c2ccccc2Cl)nc2c(Br)cnn12)S(=O)(=O)c1ccc(C(F)(F)F)cc1. The number of sulfonamides is 1. The first-order valence-electron chi connectivity index (χ1n) is 10.6. The zero-order valence-electron chi connectivity index (χ0n) is 18.8. The molecule has 4 aromatic rings. The number of halogens is 5. The summed E-state index contributed by atoms with van der Waals surface area (Å²) in [5, 5.41) is 8.12. The highest BCUT2D eigenvalue weighted by Crippen LogP contribution is 2.31. The molecule has 0 unspecified atom stereocenters. The quantitative estimate of drug-likeness (QED) is 0.252. The lowest BCUT2D eigenvalue weighted by molar-refractivity contribution is -0.137. The van der Waals surface area contributed by atoms with Gasteiger partial charge in [0.2, 0.25) is 10.0 Å². The molecular weight excluding hydrogens is 583 g/mol. The van der Waals surface area contributed by atoms with Crippen LogP contribution in [0.25, 0.3) is 16.9 Å². The van der Waals surface area contributed by atoms with Crippen LogP contribution in [0.3, 0.4) is 0 Å². The number of aromatic nitrogens is 3. The summed E-state index contributed by atoms with van der Waals surface area (Å²) in [5.74, 6) is 0.633. The number of benzene rings is 2. The molecule has 0 radical (unpaired) electrons. The van der Waals surface area contributed by atoms with Gasteiger partial charge in [0.25, 0.3) is 0 Å². The first-order chi connectivity index (χ1) is 17.0. The van der Waals surface area contributed by atoms with Crippen LogP contribution in [0.1, 0.15) is 12.0 Å². The van der Waals surface area contributed by atoms with Crippen molar-refractivity contribution < 1.29 is 21.6 Å². The maximum Gasteiger partial charge on any atom is 0.416 e. The van der Waals surface area contributed by atoms with Crippen molar-refractivity contribution in [2.24, 2.45) is 0 Å². The Kier molecular flexibility index (Phi) is 7.60. The van der Waals surface area contributed by atoms with Gasteiger partial charge in [-0.15, -0.1) is 0 Å². The molecule has 2 aromatic heterocycles. The molecule has 0 aliphatic rings. The fraction of sp³-hybridized carbons (Fsp3) is 0.217. The van der Waals surface area contributed by atoms with Gasteiger partial charge in [0, 0.05) is 36.8 Å². The van der Waals surface area contributed by atoms with Crippen LogP contribution in [0.4, 0.5) is 19.0 Å². The van der Waals surface area contributed by atoms with E-state index in [1.165, 1.54) is 7.05 Å². The molecule has 0 spiro atoms. The van der Waals surface area contributed by atoms with Crippen molar-refractivity contribution in [3.63, 3.8) is 0 Å². The smallest absolute Gasteiger partial charge is 0.370 e. The van der Waals surface area contributed by atoms with Crippen LogP contribution >= 0.6 is 27.5 Å². The maximum atomic E-state index is 12.8. The summed E-state index contributed by atoms with van der Waals surface area (Å²) in [7, 11) is -2.55. The Hall–Kier alpha value is -2.67. The number of anilines is 1. The van der Waals surface area contributed by atoms with Crippen LogP contribution in [0.15, 0.2) is 70.2 Å². The van der Waals surface area contributed by atoms with Gasteiger partial charge in [-0.2, -0.15) is 22.8 Å². The van der Waals surface area contributed by atoms with Gasteiger partial charge < -0.3 is 5.32 Å². The van der Waals surface area contributed by atoms with E-state index >= 15 is 0 Å². The Labute approximate surface area is 219 Å². The molecule has 2 heterocycles. The van der Waals surface area contributed by atoms with Gasteiger partial charge in [0.15, 0.2) is 5.65 Å². The maximum absolute atomic E-state index is 12.8. The van der Waals surface area contributed by atoms with Crippen LogP contribution in [0.5, 0.6) is 0 Å². The first-order valence-corrected chi connectivity index (χ1v) is 13.3. The molecule has 36 heavy (non-hydrogen) atoms. The molecule has 7 nitrogen and oxygen atoms in total. The van der Waals surface area contributed by atoms with E-state index in [4.69, 9.17) is 11.6 Å². The number of hydrogen-bond donors (Lipinski definition) is 1. The average molecular weight is 603 g/mol. The van der Waals surface area contributed by atoms with Gasteiger partial charge in [-0.05, 0) is 52.7 Å². The van der Waals surface area contributed by atoms with E-state index in [0.717, 1.165) is 34.1 Å². The second kappa shape index (κ2) is 10.4.